The third kappa shape index (κ3) is 7.61. The minimum atomic E-state index is -4.22. The fourth-order valence-corrected chi connectivity index (χ4v) is 6.22. The summed E-state index contributed by atoms with van der Waals surface area (Å²) in [6.45, 7) is 3.39. The van der Waals surface area contributed by atoms with Crippen molar-refractivity contribution in [2.75, 3.05) is 25.0 Å². The second kappa shape index (κ2) is 14.0. The van der Waals surface area contributed by atoms with Crippen molar-refractivity contribution in [1.82, 2.24) is 10.2 Å². The number of benzene rings is 4. The van der Waals surface area contributed by atoms with Crippen molar-refractivity contribution in [1.29, 1.82) is 0 Å². The average molecular weight is 600 g/mol. The first-order valence-electron chi connectivity index (χ1n) is 14.0. The van der Waals surface area contributed by atoms with Crippen LogP contribution in [0.5, 0.6) is 5.75 Å². The van der Waals surface area contributed by atoms with E-state index >= 15 is 0 Å². The molecule has 0 spiro atoms. The number of hydrogen-bond donors (Lipinski definition) is 1. The molecule has 0 bridgehead atoms. The average Bonchev–Trinajstić information content (AvgIpc) is 3.02. The largest absolute Gasteiger partial charge is 0.495 e. The molecule has 43 heavy (non-hydrogen) atoms. The molecule has 0 heterocycles. The Balaban J connectivity index is 1.81. The van der Waals surface area contributed by atoms with Gasteiger partial charge in [-0.3, -0.25) is 13.9 Å². The number of carbonyl (C=O) groups is 2. The van der Waals surface area contributed by atoms with Crippen molar-refractivity contribution < 1.29 is 22.7 Å². The number of rotatable bonds is 12. The molecule has 1 atom stereocenters. The van der Waals surface area contributed by atoms with Gasteiger partial charge in [0.05, 0.1) is 17.7 Å². The maximum Gasteiger partial charge on any atom is 0.264 e. The van der Waals surface area contributed by atoms with Crippen molar-refractivity contribution in [3.63, 3.8) is 0 Å². The van der Waals surface area contributed by atoms with Crippen molar-refractivity contribution in [3.8, 4) is 5.75 Å². The van der Waals surface area contributed by atoms with Crippen LogP contribution in [0, 0.1) is 13.8 Å². The number of methoxy groups -OCH3 is 1. The highest BCUT2D eigenvalue weighted by molar-refractivity contribution is 7.92. The SMILES string of the molecule is CNC(=O)[C@H](Cc1ccccc1)N(Cc1ccc(C)cc1)C(=O)CN(c1ccccc1OC)S(=O)(=O)c1ccc(C)cc1. The quantitative estimate of drug-likeness (QED) is 0.250. The lowest BCUT2D eigenvalue weighted by Crippen LogP contribution is -2.53. The van der Waals surface area contributed by atoms with E-state index in [0.29, 0.717) is 5.75 Å². The fourth-order valence-electron chi connectivity index (χ4n) is 4.80. The molecule has 0 saturated carbocycles. The number of nitrogens with one attached hydrogen (secondary N) is 1. The van der Waals surface area contributed by atoms with Gasteiger partial charge in [0.2, 0.25) is 11.8 Å². The summed E-state index contributed by atoms with van der Waals surface area (Å²) in [5.41, 5.74) is 3.85. The number of ether oxygens (including phenoxy) is 1. The smallest absolute Gasteiger partial charge is 0.264 e. The molecule has 4 aromatic carbocycles. The van der Waals surface area contributed by atoms with Crippen LogP contribution in [0.1, 0.15) is 22.3 Å². The lowest BCUT2D eigenvalue weighted by atomic mass is 10.0. The summed E-state index contributed by atoms with van der Waals surface area (Å²) in [4.78, 5) is 29.2. The third-order valence-electron chi connectivity index (χ3n) is 7.23. The first-order chi connectivity index (χ1) is 20.6. The number of likely N-dealkylation sites (N-methyl/N-ethyl adjacent to an activating group) is 1. The molecule has 4 aromatic rings. The van der Waals surface area contributed by atoms with Crippen LogP contribution >= 0.6 is 0 Å². The number of hydrogen-bond acceptors (Lipinski definition) is 5. The zero-order valence-electron chi connectivity index (χ0n) is 24.9. The van der Waals surface area contributed by atoms with Crippen LogP contribution in [-0.4, -0.2) is 51.9 Å². The van der Waals surface area contributed by atoms with Gasteiger partial charge in [0.25, 0.3) is 10.0 Å². The molecule has 224 valence electrons. The van der Waals surface area contributed by atoms with E-state index in [0.717, 1.165) is 26.6 Å². The maximum atomic E-state index is 14.4. The molecular formula is C34H37N3O5S. The Labute approximate surface area is 254 Å². The second-order valence-electron chi connectivity index (χ2n) is 10.3. The van der Waals surface area contributed by atoms with E-state index in [1.165, 1.54) is 31.2 Å². The molecule has 0 fully saturated rings. The van der Waals surface area contributed by atoms with Gasteiger partial charge >= 0.3 is 0 Å². The Hall–Kier alpha value is -4.63. The summed E-state index contributed by atoms with van der Waals surface area (Å²) in [6, 6.07) is 29.3. The van der Waals surface area contributed by atoms with Gasteiger partial charge in [-0.15, -0.1) is 0 Å². The number of para-hydroxylation sites is 2. The molecule has 0 radical (unpaired) electrons. The van der Waals surface area contributed by atoms with Crippen molar-refractivity contribution >= 4 is 27.5 Å². The van der Waals surface area contributed by atoms with Crippen molar-refractivity contribution in [3.05, 3.63) is 125 Å². The van der Waals surface area contributed by atoms with Crippen LogP contribution in [0.15, 0.2) is 108 Å². The molecule has 9 heteroatoms. The molecular weight excluding hydrogens is 562 g/mol. The summed E-state index contributed by atoms with van der Waals surface area (Å²) < 4.78 is 34.8. The highest BCUT2D eigenvalue weighted by Gasteiger charge is 2.35. The Morgan fingerprint density at radius 2 is 1.37 bits per heavy atom. The van der Waals surface area contributed by atoms with Crippen LogP contribution in [0.4, 0.5) is 5.69 Å². The molecule has 0 aliphatic rings. The summed E-state index contributed by atoms with van der Waals surface area (Å²) in [6.07, 6.45) is 0.248. The summed E-state index contributed by atoms with van der Waals surface area (Å²) in [5, 5.41) is 2.70. The van der Waals surface area contributed by atoms with Gasteiger partial charge in [-0.25, -0.2) is 8.42 Å². The first kappa shape index (κ1) is 31.3. The highest BCUT2D eigenvalue weighted by atomic mass is 32.2. The molecule has 0 aliphatic heterocycles. The number of nitrogens with zero attached hydrogens (tertiary/aromatic N) is 2. The molecule has 0 aliphatic carbocycles. The van der Waals surface area contributed by atoms with Crippen LogP contribution < -0.4 is 14.4 Å². The Kier molecular flexibility index (Phi) is 10.2. The Morgan fingerprint density at radius 3 is 1.98 bits per heavy atom. The van der Waals surface area contributed by atoms with Gasteiger partial charge in [0.1, 0.15) is 18.3 Å². The predicted octanol–water partition coefficient (Wildman–Crippen LogP) is 4.89. The molecule has 0 saturated heterocycles. The zero-order chi connectivity index (χ0) is 31.0. The van der Waals surface area contributed by atoms with Gasteiger partial charge < -0.3 is 15.0 Å². The van der Waals surface area contributed by atoms with E-state index in [-0.39, 0.29) is 29.5 Å². The van der Waals surface area contributed by atoms with E-state index in [4.69, 9.17) is 4.74 Å². The molecule has 1 N–H and O–H groups in total. The van der Waals surface area contributed by atoms with Gasteiger partial charge in [-0.2, -0.15) is 0 Å². The summed E-state index contributed by atoms with van der Waals surface area (Å²) in [7, 11) is -1.24. The van der Waals surface area contributed by atoms with Gasteiger partial charge in [0, 0.05) is 20.0 Å². The number of carbonyl (C=O) groups excluding carboxylic acids is 2. The summed E-state index contributed by atoms with van der Waals surface area (Å²) in [5.74, 6) is -0.593. The van der Waals surface area contributed by atoms with Crippen LogP contribution in [-0.2, 0) is 32.6 Å². The zero-order valence-corrected chi connectivity index (χ0v) is 25.7. The molecule has 0 aromatic heterocycles. The maximum absolute atomic E-state index is 14.4. The fraction of sp³-hybridized carbons (Fsp3) is 0.235. The lowest BCUT2D eigenvalue weighted by molar-refractivity contribution is -0.139. The van der Waals surface area contributed by atoms with E-state index in [2.05, 4.69) is 5.32 Å². The number of sulfonamides is 1. The minimum Gasteiger partial charge on any atom is -0.495 e. The van der Waals surface area contributed by atoms with Gasteiger partial charge in [-0.1, -0.05) is 90.0 Å². The number of amides is 2. The number of aryl methyl sites for hydroxylation is 2. The van der Waals surface area contributed by atoms with Crippen molar-refractivity contribution in [2.45, 2.75) is 37.8 Å². The highest BCUT2D eigenvalue weighted by Crippen LogP contribution is 2.32. The lowest BCUT2D eigenvalue weighted by Gasteiger charge is -2.34. The van der Waals surface area contributed by atoms with Crippen LogP contribution in [0.25, 0.3) is 0 Å². The van der Waals surface area contributed by atoms with Gasteiger partial charge in [0.15, 0.2) is 0 Å². The van der Waals surface area contributed by atoms with Gasteiger partial charge in [-0.05, 0) is 49.2 Å². The van der Waals surface area contributed by atoms with Crippen LogP contribution in [0.3, 0.4) is 0 Å². The van der Waals surface area contributed by atoms with Crippen molar-refractivity contribution in [2.24, 2.45) is 0 Å². The topological polar surface area (TPSA) is 96.0 Å². The predicted molar refractivity (Wildman–Crippen MR) is 168 cm³/mol. The number of anilines is 1. The molecule has 4 rings (SSSR count). The minimum absolute atomic E-state index is 0.0361. The van der Waals surface area contributed by atoms with E-state index < -0.39 is 28.5 Å². The second-order valence-corrected chi connectivity index (χ2v) is 12.2. The molecule has 0 unspecified atom stereocenters. The standard InChI is InChI=1S/C34H37N3O5S/c1-25-14-18-28(19-15-25)23-36(31(34(39)35-3)22-27-10-6-5-7-11-27)33(38)24-37(30-12-8-9-13-32(30)42-4)43(40,41)29-20-16-26(2)17-21-29/h5-21,31H,22-24H2,1-4H3,(H,35,39)/t31-/m0/s1. The van der Waals surface area contributed by atoms with E-state index in [1.807, 2.05) is 68.4 Å². The van der Waals surface area contributed by atoms with Crippen LogP contribution in [0.2, 0.25) is 0 Å². The Morgan fingerprint density at radius 1 is 0.791 bits per heavy atom. The Bertz CT molecular complexity index is 1640. The monoisotopic (exact) mass is 599 g/mol. The molecule has 8 nitrogen and oxygen atoms in total. The summed E-state index contributed by atoms with van der Waals surface area (Å²) >= 11 is 0. The normalized spacial score (nSPS) is 11.8. The van der Waals surface area contributed by atoms with E-state index in [1.54, 1.807) is 36.4 Å². The third-order valence-corrected chi connectivity index (χ3v) is 9.01. The first-order valence-corrected chi connectivity index (χ1v) is 15.4. The van der Waals surface area contributed by atoms with E-state index in [9.17, 15) is 18.0 Å². The molecule has 2 amide bonds.